The number of thiol groups is 1. The highest BCUT2D eigenvalue weighted by Crippen LogP contribution is 2.17. The lowest BCUT2D eigenvalue weighted by molar-refractivity contribution is -0.138. The number of aryl methyl sites for hydroxylation is 1. The predicted octanol–water partition coefficient (Wildman–Crippen LogP) is 0.256. The number of hydrogen-bond acceptors (Lipinski definition) is 6. The summed E-state index contributed by atoms with van der Waals surface area (Å²) in [4.78, 5) is 60.4. The van der Waals surface area contributed by atoms with Gasteiger partial charge in [0.15, 0.2) is 0 Å². The minimum absolute atomic E-state index is 0.0225. The Balaban J connectivity index is 1.70. The molecule has 0 aromatic heterocycles. The molecule has 0 spiro atoms. The molecular weight excluding hydrogens is 408 g/mol. The smallest absolute Gasteiger partial charge is 0.246 e. The van der Waals surface area contributed by atoms with E-state index in [-0.39, 0.29) is 37.7 Å². The highest BCUT2D eigenvalue weighted by atomic mass is 32.1. The van der Waals surface area contributed by atoms with Gasteiger partial charge in [0.2, 0.25) is 29.5 Å². The lowest BCUT2D eigenvalue weighted by atomic mass is 10.1. The van der Waals surface area contributed by atoms with E-state index in [4.69, 9.17) is 0 Å². The summed E-state index contributed by atoms with van der Waals surface area (Å²) in [6, 6.07) is 6.60. The Morgan fingerprint density at radius 1 is 1.17 bits per heavy atom. The molecule has 1 unspecified atom stereocenters. The highest BCUT2D eigenvalue weighted by Gasteiger charge is 2.36. The van der Waals surface area contributed by atoms with Crippen LogP contribution in [0.15, 0.2) is 24.3 Å². The molecule has 5 amide bonds. The van der Waals surface area contributed by atoms with E-state index >= 15 is 0 Å². The van der Waals surface area contributed by atoms with Gasteiger partial charge < -0.3 is 16.0 Å². The molecule has 0 radical (unpaired) electrons. The van der Waals surface area contributed by atoms with E-state index in [2.05, 4.69) is 28.6 Å². The minimum atomic E-state index is -0.799. The molecule has 1 aromatic rings. The van der Waals surface area contributed by atoms with Crippen molar-refractivity contribution in [2.45, 2.75) is 44.4 Å². The van der Waals surface area contributed by atoms with Crippen molar-refractivity contribution >= 4 is 47.9 Å². The first-order valence-corrected chi connectivity index (χ1v) is 10.2. The Morgan fingerprint density at radius 2 is 1.83 bits per heavy atom. The largest absolute Gasteiger partial charge is 0.347 e. The van der Waals surface area contributed by atoms with Crippen LogP contribution in [-0.4, -0.2) is 58.8 Å². The summed E-state index contributed by atoms with van der Waals surface area (Å²) in [5.41, 5.74) is 1.77. The Labute approximate surface area is 180 Å². The zero-order chi connectivity index (χ0) is 22.3. The molecule has 1 saturated heterocycles. The lowest BCUT2D eigenvalue weighted by Crippen LogP contribution is -2.46. The van der Waals surface area contributed by atoms with Gasteiger partial charge >= 0.3 is 0 Å². The standard InChI is InChI=1S/C20H26N4O5S/c1-3-13-4-6-14(7-5-13)23-19(28)12(2)22-17(26)11-21-16(25)8-9-24-18(27)10-15(30)20(24)29/h4-7,12,15,30H,3,8-11H2,1-2H3,(H,21,25)(H,22,26)(H,23,28)/t12-,15?/m0/s1. The van der Waals surface area contributed by atoms with E-state index in [1.165, 1.54) is 6.92 Å². The average molecular weight is 435 g/mol. The molecule has 0 saturated carbocycles. The fourth-order valence-electron chi connectivity index (χ4n) is 2.81. The quantitative estimate of drug-likeness (QED) is 0.328. The second-order valence-electron chi connectivity index (χ2n) is 6.96. The third-order valence-electron chi connectivity index (χ3n) is 4.63. The van der Waals surface area contributed by atoms with Crippen LogP contribution in [-0.2, 0) is 30.4 Å². The number of nitrogens with one attached hydrogen (secondary N) is 3. The van der Waals surface area contributed by atoms with Crippen molar-refractivity contribution in [3.63, 3.8) is 0 Å². The van der Waals surface area contributed by atoms with Crippen molar-refractivity contribution < 1.29 is 24.0 Å². The summed E-state index contributed by atoms with van der Waals surface area (Å²) in [5, 5.41) is 6.95. The summed E-state index contributed by atoms with van der Waals surface area (Å²) in [6.45, 7) is 3.19. The maximum absolute atomic E-state index is 12.2. The Kier molecular flexibility index (Phi) is 8.40. The number of nitrogens with zero attached hydrogens (tertiary/aromatic N) is 1. The molecule has 1 aliphatic heterocycles. The maximum atomic E-state index is 12.2. The van der Waals surface area contributed by atoms with Crippen LogP contribution in [0, 0.1) is 0 Å². The molecule has 9 nitrogen and oxygen atoms in total. The van der Waals surface area contributed by atoms with Crippen LogP contribution in [0.25, 0.3) is 0 Å². The van der Waals surface area contributed by atoms with Gasteiger partial charge in [0.1, 0.15) is 6.04 Å². The number of anilines is 1. The SMILES string of the molecule is CCc1ccc(NC(=O)[C@H](C)NC(=O)CNC(=O)CCN2C(=O)CC(S)C2=O)cc1. The van der Waals surface area contributed by atoms with E-state index in [9.17, 15) is 24.0 Å². The van der Waals surface area contributed by atoms with Gasteiger partial charge in [-0.25, -0.2) is 0 Å². The highest BCUT2D eigenvalue weighted by molar-refractivity contribution is 7.81. The van der Waals surface area contributed by atoms with Crippen molar-refractivity contribution in [1.29, 1.82) is 0 Å². The molecule has 1 aromatic carbocycles. The van der Waals surface area contributed by atoms with Gasteiger partial charge in [-0.15, -0.1) is 0 Å². The van der Waals surface area contributed by atoms with E-state index in [1.54, 1.807) is 12.1 Å². The molecule has 2 atom stereocenters. The fraction of sp³-hybridized carbons (Fsp3) is 0.450. The van der Waals surface area contributed by atoms with Crippen molar-refractivity contribution in [2.75, 3.05) is 18.4 Å². The monoisotopic (exact) mass is 434 g/mol. The number of carbonyl (C=O) groups excluding carboxylic acids is 5. The van der Waals surface area contributed by atoms with Crippen LogP contribution < -0.4 is 16.0 Å². The first-order chi connectivity index (χ1) is 14.2. The number of carbonyl (C=O) groups is 5. The zero-order valence-corrected chi connectivity index (χ0v) is 17.8. The number of likely N-dealkylation sites (tertiary alicyclic amines) is 1. The molecule has 1 aliphatic rings. The molecule has 10 heteroatoms. The summed E-state index contributed by atoms with van der Waals surface area (Å²) >= 11 is 4.01. The molecule has 30 heavy (non-hydrogen) atoms. The molecule has 0 aliphatic carbocycles. The third-order valence-corrected chi connectivity index (χ3v) is 5.03. The van der Waals surface area contributed by atoms with Crippen LogP contribution in [0.4, 0.5) is 5.69 Å². The first-order valence-electron chi connectivity index (χ1n) is 9.69. The fourth-order valence-corrected chi connectivity index (χ4v) is 3.11. The van der Waals surface area contributed by atoms with Gasteiger partial charge in [0.05, 0.1) is 11.8 Å². The summed E-state index contributed by atoms with van der Waals surface area (Å²) in [5.74, 6) is -2.18. The normalized spacial score (nSPS) is 16.9. The third kappa shape index (κ3) is 6.58. The molecule has 1 fully saturated rings. The second kappa shape index (κ2) is 10.8. The molecule has 3 N–H and O–H groups in total. The Hall–Kier alpha value is -2.88. The molecule has 2 rings (SSSR count). The Bertz CT molecular complexity index is 827. The number of rotatable bonds is 9. The number of imide groups is 1. The van der Waals surface area contributed by atoms with E-state index in [0.717, 1.165) is 16.9 Å². The lowest BCUT2D eigenvalue weighted by Gasteiger charge is -2.15. The summed E-state index contributed by atoms with van der Waals surface area (Å²) < 4.78 is 0. The van der Waals surface area contributed by atoms with Crippen LogP contribution in [0.1, 0.15) is 32.3 Å². The average Bonchev–Trinajstić information content (AvgIpc) is 2.96. The summed E-state index contributed by atoms with van der Waals surface area (Å²) in [7, 11) is 0. The van der Waals surface area contributed by atoms with Crippen LogP contribution in [0.3, 0.4) is 0 Å². The predicted molar refractivity (Wildman–Crippen MR) is 114 cm³/mol. The van der Waals surface area contributed by atoms with Gasteiger partial charge in [-0.2, -0.15) is 12.6 Å². The van der Waals surface area contributed by atoms with E-state index in [0.29, 0.717) is 5.69 Å². The van der Waals surface area contributed by atoms with E-state index < -0.39 is 29.0 Å². The molecular formula is C20H26N4O5S. The number of amides is 5. The second-order valence-corrected chi connectivity index (χ2v) is 7.58. The molecule has 0 bridgehead atoms. The van der Waals surface area contributed by atoms with Crippen molar-refractivity contribution in [1.82, 2.24) is 15.5 Å². The Morgan fingerprint density at radius 3 is 2.40 bits per heavy atom. The molecule has 162 valence electrons. The number of benzene rings is 1. The maximum Gasteiger partial charge on any atom is 0.246 e. The summed E-state index contributed by atoms with van der Waals surface area (Å²) in [6.07, 6.45) is 0.802. The first kappa shape index (κ1) is 23.4. The van der Waals surface area contributed by atoms with Crippen LogP contribution in [0.2, 0.25) is 0 Å². The van der Waals surface area contributed by atoms with Crippen molar-refractivity contribution in [3.8, 4) is 0 Å². The van der Waals surface area contributed by atoms with Crippen LogP contribution in [0.5, 0.6) is 0 Å². The number of hydrogen-bond donors (Lipinski definition) is 4. The molecule has 1 heterocycles. The van der Waals surface area contributed by atoms with Gasteiger partial charge in [-0.1, -0.05) is 19.1 Å². The van der Waals surface area contributed by atoms with Crippen LogP contribution >= 0.6 is 12.6 Å². The van der Waals surface area contributed by atoms with Gasteiger partial charge in [0.25, 0.3) is 0 Å². The van der Waals surface area contributed by atoms with Crippen molar-refractivity contribution in [2.24, 2.45) is 0 Å². The van der Waals surface area contributed by atoms with Gasteiger partial charge in [-0.05, 0) is 31.0 Å². The van der Waals surface area contributed by atoms with Gasteiger partial charge in [-0.3, -0.25) is 28.9 Å². The minimum Gasteiger partial charge on any atom is -0.347 e. The van der Waals surface area contributed by atoms with E-state index in [1.807, 2.05) is 19.1 Å². The zero-order valence-electron chi connectivity index (χ0n) is 16.9. The van der Waals surface area contributed by atoms with Gasteiger partial charge in [0, 0.05) is 25.1 Å². The van der Waals surface area contributed by atoms with Crippen molar-refractivity contribution in [3.05, 3.63) is 29.8 Å². The topological polar surface area (TPSA) is 125 Å².